The minimum Gasteiger partial charge on any atom is -0.478 e. The van der Waals surface area contributed by atoms with Gasteiger partial charge in [0.05, 0.1) is 11.1 Å². The van der Waals surface area contributed by atoms with Crippen molar-refractivity contribution in [2.24, 2.45) is 0 Å². The van der Waals surface area contributed by atoms with Crippen molar-refractivity contribution >= 4 is 22.7 Å². The molecule has 0 spiro atoms. The second kappa shape index (κ2) is 5.33. The molecule has 0 saturated carbocycles. The van der Waals surface area contributed by atoms with Gasteiger partial charge in [-0.1, -0.05) is 48.5 Å². The van der Waals surface area contributed by atoms with Crippen LogP contribution in [0.25, 0.3) is 21.9 Å². The number of carboxylic acid groups (broad SMARTS) is 2. The fraction of sp³-hybridized carbons (Fsp3) is 0. The first-order valence-electron chi connectivity index (χ1n) is 6.67. The summed E-state index contributed by atoms with van der Waals surface area (Å²) in [5.74, 6) is -2.28. The van der Waals surface area contributed by atoms with Gasteiger partial charge in [-0.2, -0.15) is 0 Å². The van der Waals surface area contributed by atoms with Gasteiger partial charge in [-0.05, 0) is 28.6 Å². The van der Waals surface area contributed by atoms with Crippen LogP contribution in [0.3, 0.4) is 0 Å². The number of fused-ring (bicyclic) bond motifs is 1. The van der Waals surface area contributed by atoms with Gasteiger partial charge in [0.2, 0.25) is 0 Å². The van der Waals surface area contributed by atoms with E-state index in [2.05, 4.69) is 0 Å². The van der Waals surface area contributed by atoms with Crippen molar-refractivity contribution < 1.29 is 19.8 Å². The molecule has 0 amide bonds. The Kier molecular flexibility index (Phi) is 3.35. The summed E-state index contributed by atoms with van der Waals surface area (Å²) >= 11 is 0. The molecular weight excluding hydrogens is 280 g/mol. The number of carboxylic acids is 2. The van der Waals surface area contributed by atoms with E-state index in [-0.39, 0.29) is 16.5 Å². The number of rotatable bonds is 3. The molecule has 0 bridgehead atoms. The molecule has 0 aromatic heterocycles. The molecule has 3 rings (SSSR count). The minimum atomic E-state index is -1.14. The van der Waals surface area contributed by atoms with E-state index in [9.17, 15) is 19.8 Å². The van der Waals surface area contributed by atoms with Crippen LogP contribution in [-0.2, 0) is 0 Å². The van der Waals surface area contributed by atoms with Gasteiger partial charge >= 0.3 is 11.9 Å². The van der Waals surface area contributed by atoms with Crippen molar-refractivity contribution in [3.8, 4) is 11.1 Å². The monoisotopic (exact) mass is 292 g/mol. The molecule has 0 saturated heterocycles. The number of aromatic carboxylic acids is 2. The lowest BCUT2D eigenvalue weighted by Crippen LogP contribution is -2.04. The Morgan fingerprint density at radius 2 is 1.32 bits per heavy atom. The Bertz CT molecular complexity index is 862. The Hall–Kier alpha value is -3.14. The summed E-state index contributed by atoms with van der Waals surface area (Å²) < 4.78 is 0. The molecule has 0 aliphatic rings. The average molecular weight is 292 g/mol. The molecule has 108 valence electrons. The number of hydrogen-bond acceptors (Lipinski definition) is 2. The quantitative estimate of drug-likeness (QED) is 0.767. The normalized spacial score (nSPS) is 10.5. The predicted octanol–water partition coefficient (Wildman–Crippen LogP) is 3.90. The molecule has 0 atom stereocenters. The second-order valence-electron chi connectivity index (χ2n) is 4.87. The highest BCUT2D eigenvalue weighted by atomic mass is 16.4. The van der Waals surface area contributed by atoms with Crippen LogP contribution in [-0.4, -0.2) is 22.2 Å². The molecule has 3 aromatic carbocycles. The lowest BCUT2D eigenvalue weighted by Gasteiger charge is -2.11. The summed E-state index contributed by atoms with van der Waals surface area (Å²) in [6.45, 7) is 0. The zero-order valence-corrected chi connectivity index (χ0v) is 11.5. The largest absolute Gasteiger partial charge is 0.478 e. The second-order valence-corrected chi connectivity index (χ2v) is 4.87. The highest BCUT2D eigenvalue weighted by Gasteiger charge is 2.18. The zero-order valence-electron chi connectivity index (χ0n) is 11.5. The molecule has 22 heavy (non-hydrogen) atoms. The van der Waals surface area contributed by atoms with Crippen molar-refractivity contribution in [1.82, 2.24) is 0 Å². The molecule has 0 heterocycles. The van der Waals surface area contributed by atoms with Gasteiger partial charge in [-0.25, -0.2) is 9.59 Å². The van der Waals surface area contributed by atoms with Crippen LogP contribution in [0, 0.1) is 0 Å². The van der Waals surface area contributed by atoms with Crippen molar-refractivity contribution in [1.29, 1.82) is 0 Å². The molecule has 0 aliphatic heterocycles. The fourth-order valence-electron chi connectivity index (χ4n) is 2.63. The van der Waals surface area contributed by atoms with Crippen LogP contribution in [0.2, 0.25) is 0 Å². The van der Waals surface area contributed by atoms with Gasteiger partial charge in [0.15, 0.2) is 0 Å². The van der Waals surface area contributed by atoms with Crippen molar-refractivity contribution in [2.45, 2.75) is 0 Å². The Balaban J connectivity index is 2.44. The third-order valence-corrected chi connectivity index (χ3v) is 3.59. The topological polar surface area (TPSA) is 74.6 Å². The SMILES string of the molecule is O=C(O)c1cccc2c(-c3ccccc3)ccc(C(=O)O)c12. The van der Waals surface area contributed by atoms with E-state index >= 15 is 0 Å². The van der Waals surface area contributed by atoms with Crippen LogP contribution < -0.4 is 0 Å². The maximum atomic E-state index is 11.4. The molecule has 4 nitrogen and oxygen atoms in total. The van der Waals surface area contributed by atoms with Gasteiger partial charge in [-0.3, -0.25) is 0 Å². The fourth-order valence-corrected chi connectivity index (χ4v) is 2.63. The van der Waals surface area contributed by atoms with E-state index in [0.717, 1.165) is 11.1 Å². The predicted molar refractivity (Wildman–Crippen MR) is 83.3 cm³/mol. The summed E-state index contributed by atoms with van der Waals surface area (Å²) in [7, 11) is 0. The van der Waals surface area contributed by atoms with Crippen LogP contribution >= 0.6 is 0 Å². The summed E-state index contributed by atoms with van der Waals surface area (Å²) in [4.78, 5) is 22.9. The standard InChI is InChI=1S/C18H12O4/c19-17(20)14-8-4-7-13-12(11-5-2-1-3-6-11)9-10-15(16(13)14)18(21)22/h1-10H,(H,19,20)(H,21,22). The highest BCUT2D eigenvalue weighted by Crippen LogP contribution is 2.33. The number of benzene rings is 3. The van der Waals surface area contributed by atoms with Gasteiger partial charge in [0.1, 0.15) is 0 Å². The van der Waals surface area contributed by atoms with Gasteiger partial charge in [0, 0.05) is 5.39 Å². The molecule has 0 unspecified atom stereocenters. The smallest absolute Gasteiger partial charge is 0.336 e. The van der Waals surface area contributed by atoms with E-state index < -0.39 is 11.9 Å². The Labute approximate surface area is 126 Å². The van der Waals surface area contributed by atoms with Crippen LogP contribution in [0.4, 0.5) is 0 Å². The van der Waals surface area contributed by atoms with E-state index in [4.69, 9.17) is 0 Å². The van der Waals surface area contributed by atoms with Crippen molar-refractivity contribution in [2.75, 3.05) is 0 Å². The average Bonchev–Trinajstić information content (AvgIpc) is 2.53. The first kappa shape index (κ1) is 13.8. The number of carbonyl (C=O) groups is 2. The first-order chi connectivity index (χ1) is 10.6. The minimum absolute atomic E-state index is 0.00678. The zero-order chi connectivity index (χ0) is 15.7. The van der Waals surface area contributed by atoms with E-state index in [1.54, 1.807) is 18.2 Å². The Morgan fingerprint density at radius 3 is 1.95 bits per heavy atom. The molecule has 3 aromatic rings. The lowest BCUT2D eigenvalue weighted by atomic mass is 9.92. The Morgan fingerprint density at radius 1 is 0.682 bits per heavy atom. The number of hydrogen-bond donors (Lipinski definition) is 2. The third kappa shape index (κ3) is 2.20. The van der Waals surface area contributed by atoms with Crippen molar-refractivity contribution in [3.05, 3.63) is 71.8 Å². The van der Waals surface area contributed by atoms with Gasteiger partial charge in [-0.15, -0.1) is 0 Å². The van der Waals surface area contributed by atoms with Crippen LogP contribution in [0.15, 0.2) is 60.7 Å². The van der Waals surface area contributed by atoms with Gasteiger partial charge < -0.3 is 10.2 Å². The summed E-state index contributed by atoms with van der Waals surface area (Å²) in [5, 5.41) is 19.6. The van der Waals surface area contributed by atoms with Gasteiger partial charge in [0.25, 0.3) is 0 Å². The maximum Gasteiger partial charge on any atom is 0.336 e. The first-order valence-corrected chi connectivity index (χ1v) is 6.67. The van der Waals surface area contributed by atoms with E-state index in [1.807, 2.05) is 30.3 Å². The molecule has 0 fully saturated rings. The summed E-state index contributed by atoms with van der Waals surface area (Å²) in [6.07, 6.45) is 0. The third-order valence-electron chi connectivity index (χ3n) is 3.59. The van der Waals surface area contributed by atoms with E-state index in [1.165, 1.54) is 12.1 Å². The molecule has 0 radical (unpaired) electrons. The molecule has 4 heteroatoms. The lowest BCUT2D eigenvalue weighted by molar-refractivity contribution is 0.0695. The maximum absolute atomic E-state index is 11.4. The van der Waals surface area contributed by atoms with Crippen LogP contribution in [0.5, 0.6) is 0 Å². The summed E-state index contributed by atoms with van der Waals surface area (Å²) in [5.41, 5.74) is 1.70. The molecule has 0 aliphatic carbocycles. The summed E-state index contributed by atoms with van der Waals surface area (Å²) in [6, 6.07) is 17.4. The van der Waals surface area contributed by atoms with E-state index in [0.29, 0.717) is 5.39 Å². The molecule has 2 N–H and O–H groups in total. The van der Waals surface area contributed by atoms with Crippen molar-refractivity contribution in [3.63, 3.8) is 0 Å². The molecular formula is C18H12O4. The highest BCUT2D eigenvalue weighted by molar-refractivity contribution is 6.15. The van der Waals surface area contributed by atoms with Crippen LogP contribution in [0.1, 0.15) is 20.7 Å².